The van der Waals surface area contributed by atoms with Crippen LogP contribution in [-0.2, 0) is 0 Å². The summed E-state index contributed by atoms with van der Waals surface area (Å²) in [6.45, 7) is 6.37. The van der Waals surface area contributed by atoms with Crippen LogP contribution in [0.25, 0.3) is 0 Å². The zero-order chi connectivity index (χ0) is 15.6. The normalized spacial score (nSPS) is 16.0. The van der Waals surface area contributed by atoms with Crippen molar-refractivity contribution in [3.05, 3.63) is 56.7 Å². The van der Waals surface area contributed by atoms with Gasteiger partial charge in [0.1, 0.15) is 0 Å². The monoisotopic (exact) mass is 322 g/mol. The van der Waals surface area contributed by atoms with E-state index < -0.39 is 0 Å². The van der Waals surface area contributed by atoms with Crippen molar-refractivity contribution in [2.24, 2.45) is 5.73 Å². The van der Waals surface area contributed by atoms with E-state index in [2.05, 4.69) is 50.9 Å². The fourth-order valence-electron chi connectivity index (χ4n) is 2.72. The highest BCUT2D eigenvalue weighted by molar-refractivity contribution is 7.12. The molecule has 114 valence electrons. The third-order valence-electron chi connectivity index (χ3n) is 3.96. The molecule has 3 atom stereocenters. The fourth-order valence-corrected chi connectivity index (χ4v) is 4.16. The topological polar surface area (TPSA) is 29.3 Å². The summed E-state index contributed by atoms with van der Waals surface area (Å²) in [6, 6.07) is 12.8. The van der Waals surface area contributed by atoms with E-state index >= 15 is 0 Å². The van der Waals surface area contributed by atoms with Crippen LogP contribution in [-0.4, -0.2) is 18.0 Å². The summed E-state index contributed by atoms with van der Waals surface area (Å²) >= 11 is 8.16. The number of thiophene rings is 1. The third-order valence-corrected chi connectivity index (χ3v) is 5.37. The summed E-state index contributed by atoms with van der Waals surface area (Å²) in [5.41, 5.74) is 7.40. The molecule has 2 aromatic rings. The van der Waals surface area contributed by atoms with Gasteiger partial charge in [-0.25, -0.2) is 0 Å². The summed E-state index contributed by atoms with van der Waals surface area (Å²) in [7, 11) is 2.12. The van der Waals surface area contributed by atoms with Gasteiger partial charge in [0.05, 0.1) is 6.04 Å². The molecule has 0 radical (unpaired) electrons. The second-order valence-electron chi connectivity index (χ2n) is 5.62. The molecule has 0 saturated carbocycles. The number of nitrogens with zero attached hydrogens (tertiary/aromatic N) is 1. The van der Waals surface area contributed by atoms with Crippen molar-refractivity contribution >= 4 is 22.9 Å². The van der Waals surface area contributed by atoms with Crippen LogP contribution in [0.2, 0.25) is 5.02 Å². The van der Waals surface area contributed by atoms with Crippen LogP contribution in [0.3, 0.4) is 0 Å². The Morgan fingerprint density at radius 2 is 1.81 bits per heavy atom. The Bertz CT molecular complexity index is 594. The number of likely N-dealkylation sites (N-methyl/N-ethyl adjacent to an activating group) is 1. The molecule has 0 aliphatic carbocycles. The van der Waals surface area contributed by atoms with E-state index in [0.29, 0.717) is 0 Å². The minimum Gasteiger partial charge on any atom is -0.326 e. The van der Waals surface area contributed by atoms with Gasteiger partial charge in [-0.3, -0.25) is 4.90 Å². The van der Waals surface area contributed by atoms with Crippen molar-refractivity contribution in [2.75, 3.05) is 7.05 Å². The standard InChI is InChI=1S/C17H23ClN2S/c1-11-9-10-16(21-11)17(12(2)19)20(4)13(3)14-7-5-6-8-15(14)18/h5-10,12-13,17H,19H2,1-4H3. The third kappa shape index (κ3) is 3.67. The zero-order valence-corrected chi connectivity index (χ0v) is 14.6. The molecule has 0 spiro atoms. The lowest BCUT2D eigenvalue weighted by Gasteiger charge is -2.35. The van der Waals surface area contributed by atoms with Crippen molar-refractivity contribution < 1.29 is 0 Å². The molecule has 3 unspecified atom stereocenters. The van der Waals surface area contributed by atoms with Crippen molar-refractivity contribution in [3.8, 4) is 0 Å². The van der Waals surface area contributed by atoms with Crippen LogP contribution in [0.4, 0.5) is 0 Å². The molecular formula is C17H23ClN2S. The maximum absolute atomic E-state index is 6.34. The molecule has 0 bridgehead atoms. The molecule has 2 rings (SSSR count). The summed E-state index contributed by atoms with van der Waals surface area (Å²) in [4.78, 5) is 4.94. The van der Waals surface area contributed by atoms with Crippen LogP contribution in [0.15, 0.2) is 36.4 Å². The van der Waals surface area contributed by atoms with Gasteiger partial charge in [-0.1, -0.05) is 29.8 Å². The number of hydrogen-bond acceptors (Lipinski definition) is 3. The van der Waals surface area contributed by atoms with Gasteiger partial charge in [0.25, 0.3) is 0 Å². The van der Waals surface area contributed by atoms with Gasteiger partial charge in [-0.15, -0.1) is 11.3 Å². The second-order valence-corrected chi connectivity index (χ2v) is 7.34. The van der Waals surface area contributed by atoms with Gasteiger partial charge < -0.3 is 5.73 Å². The Morgan fingerprint density at radius 1 is 1.14 bits per heavy atom. The van der Waals surface area contributed by atoms with E-state index in [1.807, 2.05) is 29.5 Å². The molecule has 2 nitrogen and oxygen atoms in total. The van der Waals surface area contributed by atoms with Gasteiger partial charge in [0.15, 0.2) is 0 Å². The molecule has 0 aliphatic rings. The Kier molecular flexibility index (Phi) is 5.44. The quantitative estimate of drug-likeness (QED) is 0.857. The lowest BCUT2D eigenvalue weighted by molar-refractivity contribution is 0.168. The molecular weight excluding hydrogens is 300 g/mol. The van der Waals surface area contributed by atoms with Gasteiger partial charge in [0, 0.05) is 26.9 Å². The molecule has 0 saturated heterocycles. The van der Waals surface area contributed by atoms with Crippen molar-refractivity contribution in [1.29, 1.82) is 0 Å². The first-order valence-electron chi connectivity index (χ1n) is 7.20. The van der Waals surface area contributed by atoms with E-state index in [0.717, 1.165) is 10.6 Å². The average molecular weight is 323 g/mol. The summed E-state index contributed by atoms with van der Waals surface area (Å²) < 4.78 is 0. The van der Waals surface area contributed by atoms with E-state index in [-0.39, 0.29) is 18.1 Å². The Balaban J connectivity index is 2.31. The van der Waals surface area contributed by atoms with Gasteiger partial charge in [-0.2, -0.15) is 0 Å². The molecule has 4 heteroatoms. The number of halogens is 1. The van der Waals surface area contributed by atoms with E-state index in [9.17, 15) is 0 Å². The summed E-state index contributed by atoms with van der Waals surface area (Å²) in [5.74, 6) is 0. The van der Waals surface area contributed by atoms with Crippen LogP contribution in [0, 0.1) is 6.92 Å². The maximum atomic E-state index is 6.34. The lowest BCUT2D eigenvalue weighted by atomic mass is 10.0. The first kappa shape index (κ1) is 16.5. The largest absolute Gasteiger partial charge is 0.326 e. The number of nitrogens with two attached hydrogens (primary N) is 1. The predicted molar refractivity (Wildman–Crippen MR) is 93.1 cm³/mol. The highest BCUT2D eigenvalue weighted by Gasteiger charge is 2.27. The Morgan fingerprint density at radius 3 is 2.33 bits per heavy atom. The van der Waals surface area contributed by atoms with E-state index in [1.54, 1.807) is 0 Å². The van der Waals surface area contributed by atoms with Crippen molar-refractivity contribution in [1.82, 2.24) is 4.90 Å². The van der Waals surface area contributed by atoms with Crippen molar-refractivity contribution in [3.63, 3.8) is 0 Å². The molecule has 0 aliphatic heterocycles. The van der Waals surface area contributed by atoms with Gasteiger partial charge in [-0.05, 0) is 51.6 Å². The molecule has 21 heavy (non-hydrogen) atoms. The van der Waals surface area contributed by atoms with Gasteiger partial charge >= 0.3 is 0 Å². The fraction of sp³-hybridized carbons (Fsp3) is 0.412. The average Bonchev–Trinajstić information content (AvgIpc) is 2.84. The maximum Gasteiger partial charge on any atom is 0.0593 e. The highest BCUT2D eigenvalue weighted by Crippen LogP contribution is 2.36. The van der Waals surface area contributed by atoms with Crippen LogP contribution in [0.1, 0.15) is 41.2 Å². The number of hydrogen-bond donors (Lipinski definition) is 1. The number of aryl methyl sites for hydroxylation is 1. The molecule has 0 amide bonds. The van der Waals surface area contributed by atoms with Gasteiger partial charge in [0.2, 0.25) is 0 Å². The molecule has 1 aromatic heterocycles. The first-order valence-corrected chi connectivity index (χ1v) is 8.39. The second kappa shape index (κ2) is 6.93. The predicted octanol–water partition coefficient (Wildman–Crippen LogP) is 4.79. The summed E-state index contributed by atoms with van der Waals surface area (Å²) in [5, 5.41) is 0.808. The Hall–Kier alpha value is -0.870. The van der Waals surface area contributed by atoms with E-state index in [4.69, 9.17) is 17.3 Å². The van der Waals surface area contributed by atoms with Crippen LogP contribution in [0.5, 0.6) is 0 Å². The SMILES string of the molecule is Cc1ccc(C(C(C)N)N(C)C(C)c2ccccc2Cl)s1. The van der Waals surface area contributed by atoms with Crippen LogP contribution < -0.4 is 5.73 Å². The van der Waals surface area contributed by atoms with Crippen LogP contribution >= 0.6 is 22.9 Å². The minimum atomic E-state index is 0.0537. The number of benzene rings is 1. The minimum absolute atomic E-state index is 0.0537. The first-order chi connectivity index (χ1) is 9.91. The molecule has 0 fully saturated rings. The smallest absolute Gasteiger partial charge is 0.0593 e. The molecule has 1 heterocycles. The molecule has 1 aromatic carbocycles. The Labute approximate surface area is 136 Å². The highest BCUT2D eigenvalue weighted by atomic mass is 35.5. The summed E-state index contributed by atoms with van der Waals surface area (Å²) in [6.07, 6.45) is 0. The van der Waals surface area contributed by atoms with Crippen molar-refractivity contribution in [2.45, 2.75) is 38.9 Å². The lowest BCUT2D eigenvalue weighted by Crippen LogP contribution is -2.38. The zero-order valence-electron chi connectivity index (χ0n) is 13.0. The number of rotatable bonds is 5. The van der Waals surface area contributed by atoms with E-state index in [1.165, 1.54) is 9.75 Å². The molecule has 2 N–H and O–H groups in total.